The summed E-state index contributed by atoms with van der Waals surface area (Å²) in [7, 11) is 6.15. The third-order valence-corrected chi connectivity index (χ3v) is 24.8. The second-order valence-electron chi connectivity index (χ2n) is 34.2. The van der Waals surface area contributed by atoms with Crippen LogP contribution in [0, 0.1) is 52.8 Å². The van der Waals surface area contributed by atoms with Crippen molar-refractivity contribution < 1.29 is 67.3 Å². The summed E-state index contributed by atoms with van der Waals surface area (Å²) >= 11 is 0. The second kappa shape index (κ2) is 48.3. The minimum Gasteiger partial charge on any atom is -0.445 e. The number of ether oxygens (including phenoxy) is 3. The molecule has 11 amide bonds. The molecule has 1 aliphatic carbocycles. The van der Waals surface area contributed by atoms with Gasteiger partial charge < -0.3 is 66.8 Å². The molecule has 16 atom stereocenters. The number of hydrogen-bond acceptors (Lipinski definition) is 15. The van der Waals surface area contributed by atoms with Gasteiger partial charge in [0.15, 0.2) is 0 Å². The fourth-order valence-electron chi connectivity index (χ4n) is 17.5. The number of aliphatic hydroxyl groups excluding tert-OH is 1. The standard InChI is InChI=1S/C88H147N11O14/c1-19-22-48-88(49-47-59(10)20-2,66-39-31-24-23-25-32-40-66)68-53-72(100)99(84(68)107)51-33-27-28-36-61(12)91-74(56(4)5)82(105)94-69(41-34-50-90-86(89)109)81(104)93-67-45-43-64(44-46-67)55-113-87(110)97(16)76(58(8)9)83(106)95-75(57(6)7)85(108)96(15)77(60(11)21-3)71(111-17)54-73(101)98-52-35-42-70(98)79(112-18)62(13)80(103)92-63(14)78(102)65-37-29-26-30-38-65/h26,29-30,37-38,43-46,56-63,66,68-71,74-79,91,102H,19-25,27-28,31-36,39-42,47-55H2,1-18H3,(H,92,103)(H,93,104)(H,94,105)(H,95,106)(H3,89,90,109)/t59?,60-,61-,62+,63+,68?,69-,70-,71+,74-,75-,76-,77-,78+,79+,88?/m0/s1. The Morgan fingerprint density at radius 1 is 0.664 bits per heavy atom. The van der Waals surface area contributed by atoms with E-state index < -0.39 is 108 Å². The van der Waals surface area contributed by atoms with E-state index in [9.17, 15) is 53.1 Å². The van der Waals surface area contributed by atoms with Gasteiger partial charge in [0.2, 0.25) is 47.3 Å². The van der Waals surface area contributed by atoms with Crippen LogP contribution in [0.25, 0.3) is 0 Å². The Balaban J connectivity index is 1.16. The first-order valence-corrected chi connectivity index (χ1v) is 42.9. The number of methoxy groups -OCH3 is 2. The summed E-state index contributed by atoms with van der Waals surface area (Å²) in [5.74, 6) is -3.45. The van der Waals surface area contributed by atoms with Crippen LogP contribution in [0.15, 0.2) is 54.6 Å². The lowest BCUT2D eigenvalue weighted by molar-refractivity contribution is -0.148. The lowest BCUT2D eigenvalue weighted by Crippen LogP contribution is -2.60. The molecule has 0 bridgehead atoms. The minimum absolute atomic E-state index is 0.0248. The van der Waals surface area contributed by atoms with Gasteiger partial charge in [-0.1, -0.05) is 203 Å². The van der Waals surface area contributed by atoms with Gasteiger partial charge in [-0.15, -0.1) is 0 Å². The van der Waals surface area contributed by atoms with Crippen LogP contribution in [0.2, 0.25) is 0 Å². The average molecular weight is 1580 g/mol. The van der Waals surface area contributed by atoms with Crippen molar-refractivity contribution in [3.05, 3.63) is 65.7 Å². The van der Waals surface area contributed by atoms with E-state index in [4.69, 9.17) is 19.9 Å². The SMILES string of the molecule is CCCCC(CCC(C)CC)(C1CCCCCCC1)C1CC(=O)N(CCCCC[C@H](C)N[C@H](C(=O)N[C@@H](CCCNC(N)=O)C(=O)Nc2ccc(COC(=O)N(C)[C@H](C(=O)N[C@H](C(=O)N(C)[C@@H]([C@@H](C)CC)[C@@H](CC(=O)N3CCC[C@H]3[C@H](OC)[C@@H](C)C(=O)N[C@H](C)[C@@H](O)c3ccccc3)OC)C(C)C)C(C)C)cc2)C(C)C)C1=O. The molecule has 2 saturated heterocycles. The summed E-state index contributed by atoms with van der Waals surface area (Å²) < 4.78 is 17.9. The summed E-state index contributed by atoms with van der Waals surface area (Å²) in [6.45, 7) is 28.2. The monoisotopic (exact) mass is 1580 g/mol. The summed E-state index contributed by atoms with van der Waals surface area (Å²) in [6, 6.07) is 9.48. The largest absolute Gasteiger partial charge is 0.445 e. The van der Waals surface area contributed by atoms with Crippen molar-refractivity contribution in [2.45, 2.75) is 324 Å². The van der Waals surface area contributed by atoms with Crippen LogP contribution in [-0.2, 0) is 59.2 Å². The number of imide groups is 1. The van der Waals surface area contributed by atoms with Crippen molar-refractivity contribution in [3.8, 4) is 0 Å². The first-order chi connectivity index (χ1) is 53.7. The molecule has 3 aliphatic rings. The predicted octanol–water partition coefficient (Wildman–Crippen LogP) is 12.8. The second-order valence-corrected chi connectivity index (χ2v) is 34.2. The number of carbonyl (C=O) groups is 10. The van der Waals surface area contributed by atoms with E-state index in [0.717, 1.165) is 70.6 Å². The number of benzene rings is 2. The number of nitrogens with zero attached hydrogens (tertiary/aromatic N) is 4. The zero-order valence-corrected chi connectivity index (χ0v) is 72.1. The molecule has 2 aromatic rings. The van der Waals surface area contributed by atoms with Crippen molar-refractivity contribution in [2.24, 2.45) is 58.5 Å². The highest BCUT2D eigenvalue weighted by Crippen LogP contribution is 2.54. The van der Waals surface area contributed by atoms with Gasteiger partial charge >= 0.3 is 12.1 Å². The Labute approximate surface area is 677 Å². The maximum absolute atomic E-state index is 14.9. The zero-order chi connectivity index (χ0) is 83.8. The Bertz CT molecular complexity index is 3280. The predicted molar refractivity (Wildman–Crippen MR) is 443 cm³/mol. The van der Waals surface area contributed by atoms with Crippen molar-refractivity contribution in [3.63, 3.8) is 0 Å². The topological polar surface area (TPSA) is 330 Å². The van der Waals surface area contributed by atoms with Gasteiger partial charge in [0, 0.05) is 66.1 Å². The zero-order valence-electron chi connectivity index (χ0n) is 72.1. The number of nitrogens with one attached hydrogen (secondary N) is 6. The first-order valence-electron chi connectivity index (χ1n) is 42.9. The Kier molecular flexibility index (Phi) is 41.2. The Hall–Kier alpha value is -7.22. The number of nitrogens with two attached hydrogens (primary N) is 1. The van der Waals surface area contributed by atoms with Crippen LogP contribution in [0.4, 0.5) is 15.3 Å². The molecule has 2 aromatic carbocycles. The quantitative estimate of drug-likeness (QED) is 0.0225. The average Bonchev–Trinajstić information content (AvgIpc) is 1.66. The number of hydrogen-bond donors (Lipinski definition) is 8. The van der Waals surface area contributed by atoms with Crippen LogP contribution in [0.1, 0.15) is 268 Å². The van der Waals surface area contributed by atoms with Gasteiger partial charge in [0.25, 0.3) is 0 Å². The molecule has 2 aliphatic heterocycles. The molecule has 113 heavy (non-hydrogen) atoms. The number of amides is 11. The minimum atomic E-state index is -1.07. The molecule has 638 valence electrons. The van der Waals surface area contributed by atoms with Gasteiger partial charge in [0.05, 0.1) is 60.7 Å². The van der Waals surface area contributed by atoms with Crippen LogP contribution >= 0.6 is 0 Å². The third-order valence-electron chi connectivity index (χ3n) is 24.8. The van der Waals surface area contributed by atoms with Crippen molar-refractivity contribution in [1.82, 2.24) is 46.2 Å². The highest BCUT2D eigenvalue weighted by Gasteiger charge is 2.54. The third kappa shape index (κ3) is 28.3. The molecule has 3 fully saturated rings. The molecule has 2 heterocycles. The van der Waals surface area contributed by atoms with E-state index in [2.05, 4.69) is 52.7 Å². The number of likely N-dealkylation sites (N-methyl/N-ethyl adjacent to an activating group) is 2. The van der Waals surface area contributed by atoms with Crippen molar-refractivity contribution in [1.29, 1.82) is 0 Å². The number of rotatable bonds is 48. The van der Waals surface area contributed by atoms with E-state index in [1.54, 1.807) is 85.8 Å². The van der Waals surface area contributed by atoms with Gasteiger partial charge in [-0.3, -0.25) is 48.2 Å². The summed E-state index contributed by atoms with van der Waals surface area (Å²) in [4.78, 5) is 146. The van der Waals surface area contributed by atoms with Crippen LogP contribution < -0.4 is 37.6 Å². The number of unbranched alkanes of at least 4 members (excludes halogenated alkanes) is 3. The van der Waals surface area contributed by atoms with Crippen LogP contribution in [0.3, 0.4) is 0 Å². The van der Waals surface area contributed by atoms with Crippen LogP contribution in [-0.4, -0.2) is 193 Å². The van der Waals surface area contributed by atoms with E-state index in [1.165, 1.54) is 58.3 Å². The first kappa shape index (κ1) is 96.4. The fourth-order valence-corrected chi connectivity index (χ4v) is 17.5. The van der Waals surface area contributed by atoms with E-state index in [0.29, 0.717) is 80.3 Å². The smallest absolute Gasteiger partial charge is 0.410 e. The molecule has 0 spiro atoms. The van der Waals surface area contributed by atoms with Crippen LogP contribution in [0.5, 0.6) is 0 Å². The highest BCUT2D eigenvalue weighted by atomic mass is 16.6. The van der Waals surface area contributed by atoms with E-state index in [-0.39, 0.29) is 84.7 Å². The number of urea groups is 1. The Morgan fingerprint density at radius 2 is 1.32 bits per heavy atom. The van der Waals surface area contributed by atoms with Crippen molar-refractivity contribution in [2.75, 3.05) is 53.3 Å². The normalized spacial score (nSPS) is 19.7. The van der Waals surface area contributed by atoms with Gasteiger partial charge in [0.1, 0.15) is 24.7 Å². The van der Waals surface area contributed by atoms with Gasteiger partial charge in [-0.2, -0.15) is 0 Å². The number of primary amides is 1. The highest BCUT2D eigenvalue weighted by molar-refractivity contribution is 6.04. The van der Waals surface area contributed by atoms with Gasteiger partial charge in [-0.05, 0) is 142 Å². The Morgan fingerprint density at radius 3 is 1.91 bits per heavy atom. The lowest BCUT2D eigenvalue weighted by Gasteiger charge is -2.46. The van der Waals surface area contributed by atoms with E-state index >= 15 is 0 Å². The van der Waals surface area contributed by atoms with Gasteiger partial charge in [-0.25, -0.2) is 9.59 Å². The number of carbonyl (C=O) groups excluding carboxylic acids is 10. The summed E-state index contributed by atoms with van der Waals surface area (Å²) in [5, 5.41) is 28.9. The fraction of sp³-hybridized carbons (Fsp3) is 0.750. The molecule has 3 unspecified atom stereocenters. The molecule has 0 radical (unpaired) electrons. The summed E-state index contributed by atoms with van der Waals surface area (Å²) in [6.07, 6.45) is 17.3. The maximum Gasteiger partial charge on any atom is 0.410 e. The summed E-state index contributed by atoms with van der Waals surface area (Å²) in [5.41, 5.74) is 6.85. The number of anilines is 1. The molecule has 0 aromatic heterocycles. The molecule has 25 nitrogen and oxygen atoms in total. The molecular formula is C88H147N11O14. The number of aliphatic hydroxyl groups is 1. The maximum atomic E-state index is 14.9. The van der Waals surface area contributed by atoms with Crippen molar-refractivity contribution >= 4 is 65.1 Å². The molecule has 1 saturated carbocycles. The van der Waals surface area contributed by atoms with E-state index in [1.807, 2.05) is 66.7 Å². The number of likely N-dealkylation sites (tertiary alicyclic amines) is 2. The molecule has 25 heteroatoms. The molecule has 5 rings (SSSR count). The lowest BCUT2D eigenvalue weighted by atomic mass is 9.57. The molecule has 9 N–H and O–H groups in total. The molecular weight excluding hydrogens is 1440 g/mol.